The van der Waals surface area contributed by atoms with Crippen LogP contribution in [-0.2, 0) is 16.0 Å². The quantitative estimate of drug-likeness (QED) is 0.783. The number of carbonyl (C=O) groups excluding carboxylic acids is 1. The number of amides is 1. The molecule has 23 heavy (non-hydrogen) atoms. The highest BCUT2D eigenvalue weighted by Gasteiger charge is 2.12. The van der Waals surface area contributed by atoms with Gasteiger partial charge in [0.25, 0.3) is 0 Å². The molecular formula is C18H25N3O2. The molecule has 1 N–H and O–H groups in total. The third-order valence-electron chi connectivity index (χ3n) is 4.10. The van der Waals surface area contributed by atoms with Crippen LogP contribution in [0.25, 0.3) is 0 Å². The predicted molar refractivity (Wildman–Crippen MR) is 90.2 cm³/mol. The van der Waals surface area contributed by atoms with Crippen molar-refractivity contribution in [3.05, 3.63) is 29.8 Å². The highest BCUT2D eigenvalue weighted by molar-refractivity contribution is 5.76. The zero-order chi connectivity index (χ0) is 16.5. The molecule has 1 unspecified atom stereocenters. The van der Waals surface area contributed by atoms with Crippen LogP contribution in [0.3, 0.4) is 0 Å². The van der Waals surface area contributed by atoms with Gasteiger partial charge in [0, 0.05) is 25.2 Å². The van der Waals surface area contributed by atoms with Crippen molar-refractivity contribution in [2.75, 3.05) is 37.7 Å². The molecule has 0 spiro atoms. The molecule has 0 bridgehead atoms. The van der Waals surface area contributed by atoms with E-state index in [1.807, 2.05) is 6.07 Å². The fourth-order valence-electron chi connectivity index (χ4n) is 2.81. The van der Waals surface area contributed by atoms with Gasteiger partial charge in [0.1, 0.15) is 6.54 Å². The van der Waals surface area contributed by atoms with Gasteiger partial charge in [-0.2, -0.15) is 5.26 Å². The SMILES string of the molecule is CC(CCC(=O)NCC#N)Cc1cccc(N2CCOCC2)c1. The number of benzene rings is 1. The summed E-state index contributed by atoms with van der Waals surface area (Å²) >= 11 is 0. The van der Waals surface area contributed by atoms with Crippen LogP contribution in [0.5, 0.6) is 0 Å². The van der Waals surface area contributed by atoms with Gasteiger partial charge in [-0.1, -0.05) is 19.1 Å². The number of ether oxygens (including phenoxy) is 1. The summed E-state index contributed by atoms with van der Waals surface area (Å²) in [5.41, 5.74) is 2.56. The fourth-order valence-corrected chi connectivity index (χ4v) is 2.81. The molecule has 0 aliphatic carbocycles. The maximum Gasteiger partial charge on any atom is 0.220 e. The van der Waals surface area contributed by atoms with Crippen LogP contribution in [0.4, 0.5) is 5.69 Å². The lowest BCUT2D eigenvalue weighted by atomic mass is 9.96. The molecule has 1 atom stereocenters. The average Bonchev–Trinajstić information content (AvgIpc) is 2.59. The first kappa shape index (κ1) is 17.3. The molecule has 1 heterocycles. The van der Waals surface area contributed by atoms with E-state index in [4.69, 9.17) is 10.00 Å². The smallest absolute Gasteiger partial charge is 0.220 e. The second-order valence-corrected chi connectivity index (χ2v) is 6.05. The lowest BCUT2D eigenvalue weighted by molar-refractivity contribution is -0.121. The Morgan fingerprint density at radius 3 is 2.96 bits per heavy atom. The number of rotatable bonds is 7. The van der Waals surface area contributed by atoms with Gasteiger partial charge >= 0.3 is 0 Å². The molecule has 1 fully saturated rings. The van der Waals surface area contributed by atoms with Crippen molar-refractivity contribution in [1.82, 2.24) is 5.32 Å². The third kappa shape index (κ3) is 5.91. The molecule has 124 valence electrons. The first-order chi connectivity index (χ1) is 11.2. The van der Waals surface area contributed by atoms with Gasteiger partial charge in [-0.05, 0) is 36.5 Å². The second kappa shape index (κ2) is 9.16. The van der Waals surface area contributed by atoms with E-state index in [0.29, 0.717) is 12.3 Å². The van der Waals surface area contributed by atoms with Gasteiger partial charge in [0.2, 0.25) is 5.91 Å². The minimum absolute atomic E-state index is 0.0412. The molecule has 5 heteroatoms. The van der Waals surface area contributed by atoms with E-state index in [1.165, 1.54) is 11.3 Å². The number of carbonyl (C=O) groups is 1. The van der Waals surface area contributed by atoms with E-state index < -0.39 is 0 Å². The Balaban J connectivity index is 1.82. The van der Waals surface area contributed by atoms with Crippen LogP contribution in [-0.4, -0.2) is 38.8 Å². The summed E-state index contributed by atoms with van der Waals surface area (Å²) in [6.45, 7) is 5.72. The summed E-state index contributed by atoms with van der Waals surface area (Å²) in [5, 5.41) is 11.0. The lowest BCUT2D eigenvalue weighted by Crippen LogP contribution is -2.36. The minimum atomic E-state index is -0.0412. The van der Waals surface area contributed by atoms with Gasteiger partial charge in [-0.3, -0.25) is 4.79 Å². The number of nitriles is 1. The van der Waals surface area contributed by atoms with Gasteiger partial charge in [0.15, 0.2) is 0 Å². The van der Waals surface area contributed by atoms with Crippen LogP contribution in [0.1, 0.15) is 25.3 Å². The predicted octanol–water partition coefficient (Wildman–Crippen LogP) is 2.12. The van der Waals surface area contributed by atoms with Crippen molar-refractivity contribution in [1.29, 1.82) is 5.26 Å². The number of morpholine rings is 1. The Hall–Kier alpha value is -2.06. The highest BCUT2D eigenvalue weighted by atomic mass is 16.5. The van der Waals surface area contributed by atoms with Gasteiger partial charge in [0.05, 0.1) is 19.3 Å². The van der Waals surface area contributed by atoms with Crippen molar-refractivity contribution in [2.24, 2.45) is 5.92 Å². The number of nitrogens with one attached hydrogen (secondary N) is 1. The average molecular weight is 315 g/mol. The molecule has 1 aliphatic heterocycles. The van der Waals surface area contributed by atoms with Gasteiger partial charge in [-0.25, -0.2) is 0 Å². The van der Waals surface area contributed by atoms with E-state index in [2.05, 4.69) is 41.4 Å². The molecule has 0 radical (unpaired) electrons. The molecule has 5 nitrogen and oxygen atoms in total. The van der Waals surface area contributed by atoms with Crippen molar-refractivity contribution >= 4 is 11.6 Å². The Morgan fingerprint density at radius 1 is 1.43 bits per heavy atom. The molecule has 1 amide bonds. The van der Waals surface area contributed by atoms with Crippen LogP contribution in [0.2, 0.25) is 0 Å². The molecule has 2 rings (SSSR count). The van der Waals surface area contributed by atoms with Crippen molar-refractivity contribution in [3.63, 3.8) is 0 Å². The number of nitrogens with zero attached hydrogens (tertiary/aromatic N) is 2. The van der Waals surface area contributed by atoms with Crippen LogP contribution < -0.4 is 10.2 Å². The first-order valence-electron chi connectivity index (χ1n) is 8.24. The summed E-state index contributed by atoms with van der Waals surface area (Å²) in [5.74, 6) is 0.392. The Labute approximate surface area is 138 Å². The maximum absolute atomic E-state index is 11.5. The highest BCUT2D eigenvalue weighted by Crippen LogP contribution is 2.21. The van der Waals surface area contributed by atoms with E-state index in [0.717, 1.165) is 39.1 Å². The Bertz CT molecular complexity index is 547. The zero-order valence-corrected chi connectivity index (χ0v) is 13.8. The van der Waals surface area contributed by atoms with E-state index in [9.17, 15) is 4.79 Å². The topological polar surface area (TPSA) is 65.4 Å². The summed E-state index contributed by atoms with van der Waals surface area (Å²) < 4.78 is 5.40. The summed E-state index contributed by atoms with van der Waals surface area (Å²) in [4.78, 5) is 13.9. The molecule has 1 aromatic carbocycles. The standard InChI is InChI=1S/C18H25N3O2/c1-15(5-6-18(22)20-8-7-19)13-16-3-2-4-17(14-16)21-9-11-23-12-10-21/h2-4,14-15H,5-6,8-13H2,1H3,(H,20,22). The number of hydrogen-bond acceptors (Lipinski definition) is 4. The van der Waals surface area contributed by atoms with Crippen LogP contribution in [0.15, 0.2) is 24.3 Å². The normalized spacial score (nSPS) is 15.7. The van der Waals surface area contributed by atoms with Crippen LogP contribution in [0, 0.1) is 17.2 Å². The lowest BCUT2D eigenvalue weighted by Gasteiger charge is -2.29. The zero-order valence-electron chi connectivity index (χ0n) is 13.8. The third-order valence-corrected chi connectivity index (χ3v) is 4.10. The minimum Gasteiger partial charge on any atom is -0.378 e. The van der Waals surface area contributed by atoms with Crippen molar-refractivity contribution < 1.29 is 9.53 Å². The monoisotopic (exact) mass is 315 g/mol. The molecule has 0 saturated carbocycles. The number of hydrogen-bond donors (Lipinski definition) is 1. The van der Waals surface area contributed by atoms with Crippen molar-refractivity contribution in [3.8, 4) is 6.07 Å². The van der Waals surface area contributed by atoms with E-state index in [-0.39, 0.29) is 12.5 Å². The summed E-state index contributed by atoms with van der Waals surface area (Å²) in [7, 11) is 0. The molecule has 1 aliphatic rings. The Morgan fingerprint density at radius 2 is 2.22 bits per heavy atom. The van der Waals surface area contributed by atoms with Gasteiger partial charge in [-0.15, -0.1) is 0 Å². The van der Waals surface area contributed by atoms with Gasteiger partial charge < -0.3 is 15.0 Å². The van der Waals surface area contributed by atoms with E-state index in [1.54, 1.807) is 0 Å². The number of anilines is 1. The molecular weight excluding hydrogens is 290 g/mol. The molecule has 1 aromatic rings. The Kier molecular flexibility index (Phi) is 6.89. The fraction of sp³-hybridized carbons (Fsp3) is 0.556. The summed E-state index contributed by atoms with van der Waals surface area (Å²) in [6.07, 6.45) is 2.27. The summed E-state index contributed by atoms with van der Waals surface area (Å²) in [6, 6.07) is 10.6. The van der Waals surface area contributed by atoms with Crippen LogP contribution >= 0.6 is 0 Å². The maximum atomic E-state index is 11.5. The molecule has 0 aromatic heterocycles. The van der Waals surface area contributed by atoms with E-state index >= 15 is 0 Å². The molecule has 1 saturated heterocycles. The van der Waals surface area contributed by atoms with Crippen molar-refractivity contribution in [2.45, 2.75) is 26.2 Å². The second-order valence-electron chi connectivity index (χ2n) is 6.05. The first-order valence-corrected chi connectivity index (χ1v) is 8.24. The largest absolute Gasteiger partial charge is 0.378 e.